The first-order valence-corrected chi connectivity index (χ1v) is 5.74. The van der Waals surface area contributed by atoms with Gasteiger partial charge >= 0.3 is 6.18 Å². The predicted octanol–water partition coefficient (Wildman–Crippen LogP) is 2.85. The van der Waals surface area contributed by atoms with Gasteiger partial charge in [-0.05, 0) is 19.3 Å². The maximum Gasteiger partial charge on any atom is 0.411 e. The highest BCUT2D eigenvalue weighted by Crippen LogP contribution is 2.47. The Hall–Kier alpha value is -1.09. The Morgan fingerprint density at radius 1 is 1.39 bits per heavy atom. The van der Waals surface area contributed by atoms with Crippen molar-refractivity contribution in [2.45, 2.75) is 39.3 Å². The van der Waals surface area contributed by atoms with E-state index in [4.69, 9.17) is 5.26 Å². The summed E-state index contributed by atoms with van der Waals surface area (Å²) in [5.41, 5.74) is -1.74. The normalized spacial score (nSPS) is 27.2. The van der Waals surface area contributed by atoms with Gasteiger partial charge in [0.25, 0.3) is 0 Å². The Balaban J connectivity index is 2.55. The van der Waals surface area contributed by atoms with Gasteiger partial charge in [-0.15, -0.1) is 0 Å². The number of nitriles is 1. The zero-order valence-electron chi connectivity index (χ0n) is 10.4. The molecule has 0 saturated heterocycles. The molecule has 1 rings (SSSR count). The highest BCUT2D eigenvalue weighted by Gasteiger charge is 2.52. The van der Waals surface area contributed by atoms with Crippen molar-refractivity contribution in [2.75, 3.05) is 13.2 Å². The van der Waals surface area contributed by atoms with Gasteiger partial charge in [0.15, 0.2) is 5.78 Å². The summed E-state index contributed by atoms with van der Waals surface area (Å²) in [6, 6.07) is 1.97. The summed E-state index contributed by atoms with van der Waals surface area (Å²) in [6.07, 6.45) is -3.37. The number of halogens is 3. The van der Waals surface area contributed by atoms with Crippen molar-refractivity contribution in [3.05, 3.63) is 0 Å². The van der Waals surface area contributed by atoms with Gasteiger partial charge in [-0.1, -0.05) is 13.8 Å². The summed E-state index contributed by atoms with van der Waals surface area (Å²) in [5, 5.41) is 9.13. The minimum absolute atomic E-state index is 0.0296. The highest BCUT2D eigenvalue weighted by atomic mass is 19.4. The SMILES string of the molecule is CC1(C)CCC(C#N)(CCOCC(F)(F)F)C1=O. The van der Waals surface area contributed by atoms with Crippen LogP contribution >= 0.6 is 0 Å². The van der Waals surface area contributed by atoms with Crippen molar-refractivity contribution in [1.82, 2.24) is 0 Å². The second kappa shape index (κ2) is 4.88. The van der Waals surface area contributed by atoms with Crippen LogP contribution in [-0.4, -0.2) is 25.2 Å². The number of ether oxygens (including phenoxy) is 1. The van der Waals surface area contributed by atoms with Crippen molar-refractivity contribution in [1.29, 1.82) is 5.26 Å². The number of alkyl halides is 3. The van der Waals surface area contributed by atoms with Gasteiger partial charge in [0, 0.05) is 12.0 Å². The summed E-state index contributed by atoms with van der Waals surface area (Å²) in [7, 11) is 0. The average Bonchev–Trinajstić information content (AvgIpc) is 2.48. The average molecular weight is 263 g/mol. The summed E-state index contributed by atoms with van der Waals surface area (Å²) in [5.74, 6) is -0.187. The van der Waals surface area contributed by atoms with Crippen LogP contribution in [0.25, 0.3) is 0 Å². The number of Topliss-reactive ketones (excluding diaryl/α,β-unsaturated/α-hetero) is 1. The molecule has 1 saturated carbocycles. The summed E-state index contributed by atoms with van der Waals surface area (Å²) in [4.78, 5) is 12.1. The molecule has 0 amide bonds. The van der Waals surface area contributed by atoms with Gasteiger partial charge in [-0.25, -0.2) is 0 Å². The van der Waals surface area contributed by atoms with Crippen LogP contribution in [0.1, 0.15) is 33.1 Å². The molecular formula is C12H16F3NO2. The monoisotopic (exact) mass is 263 g/mol. The Labute approximate surface area is 104 Å². The molecule has 0 radical (unpaired) electrons. The quantitative estimate of drug-likeness (QED) is 0.733. The Morgan fingerprint density at radius 2 is 2.00 bits per heavy atom. The van der Waals surface area contributed by atoms with Crippen LogP contribution in [0, 0.1) is 22.2 Å². The third-order valence-corrected chi connectivity index (χ3v) is 3.38. The van der Waals surface area contributed by atoms with Gasteiger partial charge in [-0.3, -0.25) is 4.79 Å². The fourth-order valence-electron chi connectivity index (χ4n) is 2.24. The standard InChI is InChI=1S/C12H16F3NO2/c1-10(2)3-4-11(7-16,9(10)17)5-6-18-8-12(13,14)15/h3-6,8H2,1-2H3. The van der Waals surface area contributed by atoms with Crippen molar-refractivity contribution in [3.63, 3.8) is 0 Å². The van der Waals surface area contributed by atoms with Gasteiger partial charge in [0.2, 0.25) is 0 Å². The molecule has 1 fully saturated rings. The fraction of sp³-hybridized carbons (Fsp3) is 0.833. The predicted molar refractivity (Wildman–Crippen MR) is 57.6 cm³/mol. The molecule has 0 aromatic heterocycles. The van der Waals surface area contributed by atoms with Crippen LogP contribution in [-0.2, 0) is 9.53 Å². The first-order chi connectivity index (χ1) is 8.13. The number of carbonyl (C=O) groups excluding carboxylic acids is 1. The maximum absolute atomic E-state index is 12.1. The zero-order chi connectivity index (χ0) is 14.0. The molecule has 102 valence electrons. The van der Waals surface area contributed by atoms with E-state index in [0.717, 1.165) is 0 Å². The van der Waals surface area contributed by atoms with E-state index in [0.29, 0.717) is 12.8 Å². The van der Waals surface area contributed by atoms with E-state index >= 15 is 0 Å². The second-order valence-corrected chi connectivity index (χ2v) is 5.32. The summed E-state index contributed by atoms with van der Waals surface area (Å²) >= 11 is 0. The molecule has 1 aliphatic carbocycles. The van der Waals surface area contributed by atoms with Crippen molar-refractivity contribution >= 4 is 5.78 Å². The van der Waals surface area contributed by atoms with Gasteiger partial charge in [0.1, 0.15) is 12.0 Å². The maximum atomic E-state index is 12.1. The number of rotatable bonds is 4. The molecule has 6 heteroatoms. The Morgan fingerprint density at radius 3 is 2.39 bits per heavy atom. The second-order valence-electron chi connectivity index (χ2n) is 5.32. The molecule has 0 heterocycles. The molecular weight excluding hydrogens is 247 g/mol. The molecule has 0 spiro atoms. The van der Waals surface area contributed by atoms with E-state index < -0.39 is 23.6 Å². The summed E-state index contributed by atoms with van der Waals surface area (Å²) in [6.45, 7) is 1.94. The molecule has 1 unspecified atom stereocenters. The Kier molecular flexibility index (Phi) is 4.06. The molecule has 0 bridgehead atoms. The Bertz CT molecular complexity index is 370. The zero-order valence-corrected chi connectivity index (χ0v) is 10.4. The van der Waals surface area contributed by atoms with E-state index in [2.05, 4.69) is 4.74 Å². The molecule has 0 aliphatic heterocycles. The van der Waals surface area contributed by atoms with Gasteiger partial charge in [-0.2, -0.15) is 18.4 Å². The third-order valence-electron chi connectivity index (χ3n) is 3.38. The molecule has 3 nitrogen and oxygen atoms in total. The fourth-order valence-corrected chi connectivity index (χ4v) is 2.24. The number of carbonyl (C=O) groups is 1. The smallest absolute Gasteiger partial charge is 0.372 e. The lowest BCUT2D eigenvalue weighted by molar-refractivity contribution is -0.175. The van der Waals surface area contributed by atoms with E-state index in [1.807, 2.05) is 6.07 Å². The van der Waals surface area contributed by atoms with Crippen LogP contribution < -0.4 is 0 Å². The number of nitrogens with zero attached hydrogens (tertiary/aromatic N) is 1. The highest BCUT2D eigenvalue weighted by molar-refractivity contribution is 5.94. The van der Waals surface area contributed by atoms with Crippen LogP contribution in [0.3, 0.4) is 0 Å². The molecule has 0 aromatic rings. The van der Waals surface area contributed by atoms with E-state index in [1.54, 1.807) is 13.8 Å². The van der Waals surface area contributed by atoms with Crippen molar-refractivity contribution in [2.24, 2.45) is 10.8 Å². The van der Waals surface area contributed by atoms with E-state index in [1.165, 1.54) is 0 Å². The molecule has 1 aliphatic rings. The molecule has 1 atom stereocenters. The van der Waals surface area contributed by atoms with Crippen LogP contribution in [0.4, 0.5) is 13.2 Å². The van der Waals surface area contributed by atoms with Gasteiger partial charge in [0.05, 0.1) is 6.07 Å². The lowest BCUT2D eigenvalue weighted by Gasteiger charge is -2.22. The topological polar surface area (TPSA) is 50.1 Å². The van der Waals surface area contributed by atoms with E-state index in [-0.39, 0.29) is 18.8 Å². The van der Waals surface area contributed by atoms with Crippen LogP contribution in [0.15, 0.2) is 0 Å². The number of hydrogen-bond donors (Lipinski definition) is 0. The largest absolute Gasteiger partial charge is 0.411 e. The van der Waals surface area contributed by atoms with Crippen molar-refractivity contribution < 1.29 is 22.7 Å². The lowest BCUT2D eigenvalue weighted by atomic mass is 9.79. The van der Waals surface area contributed by atoms with Gasteiger partial charge < -0.3 is 4.74 Å². The van der Waals surface area contributed by atoms with Crippen molar-refractivity contribution in [3.8, 4) is 6.07 Å². The minimum Gasteiger partial charge on any atom is -0.372 e. The van der Waals surface area contributed by atoms with E-state index in [9.17, 15) is 18.0 Å². The number of ketones is 1. The molecule has 0 aromatic carbocycles. The van der Waals surface area contributed by atoms with Crippen LogP contribution in [0.2, 0.25) is 0 Å². The minimum atomic E-state index is -4.38. The summed E-state index contributed by atoms with van der Waals surface area (Å²) < 4.78 is 40.1. The first kappa shape index (κ1) is 15.0. The third kappa shape index (κ3) is 3.22. The van der Waals surface area contributed by atoms with Crippen LogP contribution in [0.5, 0.6) is 0 Å². The number of hydrogen-bond acceptors (Lipinski definition) is 3. The lowest BCUT2D eigenvalue weighted by Crippen LogP contribution is -2.32. The molecule has 0 N–H and O–H groups in total. The molecule has 18 heavy (non-hydrogen) atoms. The first-order valence-electron chi connectivity index (χ1n) is 5.74.